The fourth-order valence-corrected chi connectivity index (χ4v) is 3.55. The normalized spacial score (nSPS) is 14.0. The van der Waals surface area contributed by atoms with E-state index in [2.05, 4.69) is 27.4 Å². The van der Waals surface area contributed by atoms with Crippen molar-refractivity contribution < 1.29 is 19.1 Å². The number of rotatable bonds is 8. The van der Waals surface area contributed by atoms with Gasteiger partial charge in [-0.3, -0.25) is 14.4 Å². The number of ether oxygens (including phenoxy) is 1. The lowest BCUT2D eigenvalue weighted by molar-refractivity contribution is -0.146. The second kappa shape index (κ2) is 11.3. The van der Waals surface area contributed by atoms with Crippen LogP contribution in [0.25, 0.3) is 0 Å². The lowest BCUT2D eigenvalue weighted by Crippen LogP contribution is -2.46. The fraction of sp³-hybridized carbons (Fsp3) is 0.375. The van der Waals surface area contributed by atoms with Gasteiger partial charge in [0.25, 0.3) is 11.8 Å². The van der Waals surface area contributed by atoms with Gasteiger partial charge in [-0.05, 0) is 49.4 Å². The number of carbonyl (C=O) groups excluding carboxylic acids is 3. The van der Waals surface area contributed by atoms with Gasteiger partial charge in [-0.15, -0.1) is 0 Å². The van der Waals surface area contributed by atoms with E-state index in [1.807, 2.05) is 43.3 Å². The van der Waals surface area contributed by atoms with Crippen molar-refractivity contribution >= 4 is 29.2 Å². The first-order valence-electron chi connectivity index (χ1n) is 10.8. The first kappa shape index (κ1) is 23.3. The number of benzene rings is 2. The van der Waals surface area contributed by atoms with E-state index in [1.165, 1.54) is 0 Å². The largest absolute Gasteiger partial charge is 0.454 e. The van der Waals surface area contributed by atoms with Gasteiger partial charge in [0.05, 0.1) is 0 Å². The molecule has 0 bridgehead atoms. The average Bonchev–Trinajstić information content (AvgIpc) is 2.82. The summed E-state index contributed by atoms with van der Waals surface area (Å²) < 4.78 is 4.95. The SMILES string of the molecule is CCN1CCN(c2ccc(NC(=O)COC(=O)CNC(=O)c3ccccc3C)cc2)CC1. The minimum atomic E-state index is -0.677. The molecule has 1 saturated heterocycles. The number of hydrogen-bond acceptors (Lipinski definition) is 6. The summed E-state index contributed by atoms with van der Waals surface area (Å²) in [5, 5.41) is 5.22. The average molecular weight is 439 g/mol. The van der Waals surface area contributed by atoms with Crippen molar-refractivity contribution in [2.45, 2.75) is 13.8 Å². The molecule has 0 aromatic heterocycles. The molecule has 32 heavy (non-hydrogen) atoms. The number of piperazine rings is 1. The van der Waals surface area contributed by atoms with Gasteiger partial charge in [0.15, 0.2) is 6.61 Å². The minimum absolute atomic E-state index is 0.305. The molecule has 0 spiro atoms. The van der Waals surface area contributed by atoms with Crippen LogP contribution in [0.1, 0.15) is 22.8 Å². The van der Waals surface area contributed by atoms with E-state index in [4.69, 9.17) is 4.74 Å². The van der Waals surface area contributed by atoms with Crippen molar-refractivity contribution in [3.63, 3.8) is 0 Å². The predicted molar refractivity (Wildman–Crippen MR) is 124 cm³/mol. The van der Waals surface area contributed by atoms with Crippen LogP contribution in [0.15, 0.2) is 48.5 Å². The van der Waals surface area contributed by atoms with Crippen LogP contribution in [-0.2, 0) is 14.3 Å². The molecule has 1 aliphatic heterocycles. The number of likely N-dealkylation sites (N-methyl/N-ethyl adjacent to an activating group) is 1. The number of nitrogens with zero attached hydrogens (tertiary/aromatic N) is 2. The maximum atomic E-state index is 12.1. The van der Waals surface area contributed by atoms with E-state index in [0.717, 1.165) is 44.0 Å². The van der Waals surface area contributed by atoms with Gasteiger partial charge in [0, 0.05) is 43.1 Å². The molecule has 8 heteroatoms. The highest BCUT2D eigenvalue weighted by molar-refractivity contribution is 5.97. The maximum Gasteiger partial charge on any atom is 0.325 e. The van der Waals surface area contributed by atoms with Crippen LogP contribution in [0.3, 0.4) is 0 Å². The molecule has 0 radical (unpaired) electrons. The van der Waals surface area contributed by atoms with Gasteiger partial charge in [-0.25, -0.2) is 0 Å². The summed E-state index contributed by atoms with van der Waals surface area (Å²) in [6.45, 7) is 8.40. The van der Waals surface area contributed by atoms with Gasteiger partial charge in [-0.2, -0.15) is 0 Å². The smallest absolute Gasteiger partial charge is 0.325 e. The highest BCUT2D eigenvalue weighted by Crippen LogP contribution is 2.19. The van der Waals surface area contributed by atoms with Crippen molar-refractivity contribution in [2.24, 2.45) is 0 Å². The fourth-order valence-electron chi connectivity index (χ4n) is 3.55. The Bertz CT molecular complexity index is 937. The molecule has 0 atom stereocenters. The zero-order valence-corrected chi connectivity index (χ0v) is 18.6. The number of carbonyl (C=O) groups is 3. The molecule has 2 aromatic rings. The van der Waals surface area contributed by atoms with Gasteiger partial charge in [0.2, 0.25) is 0 Å². The quantitative estimate of drug-likeness (QED) is 0.613. The number of hydrogen-bond donors (Lipinski definition) is 2. The second-order valence-electron chi connectivity index (χ2n) is 7.67. The molecule has 1 aliphatic rings. The van der Waals surface area contributed by atoms with E-state index in [-0.39, 0.29) is 12.5 Å². The van der Waals surface area contributed by atoms with Crippen LogP contribution in [0.4, 0.5) is 11.4 Å². The van der Waals surface area contributed by atoms with Crippen molar-refractivity contribution in [3.05, 3.63) is 59.7 Å². The molecule has 1 heterocycles. The van der Waals surface area contributed by atoms with Crippen molar-refractivity contribution in [2.75, 3.05) is 56.1 Å². The lowest BCUT2D eigenvalue weighted by Gasteiger charge is -2.35. The number of anilines is 2. The van der Waals surface area contributed by atoms with Crippen LogP contribution < -0.4 is 15.5 Å². The Hall–Kier alpha value is -3.39. The zero-order chi connectivity index (χ0) is 22.9. The molecule has 170 valence electrons. The molecular formula is C24H30N4O4. The monoisotopic (exact) mass is 438 g/mol. The summed E-state index contributed by atoms with van der Waals surface area (Å²) in [6.07, 6.45) is 0. The molecule has 2 aromatic carbocycles. The number of nitrogens with one attached hydrogen (secondary N) is 2. The third kappa shape index (κ3) is 6.55. The maximum absolute atomic E-state index is 12.1. The Kier molecular flexibility index (Phi) is 8.21. The molecule has 0 unspecified atom stereocenters. The lowest BCUT2D eigenvalue weighted by atomic mass is 10.1. The van der Waals surface area contributed by atoms with Crippen LogP contribution >= 0.6 is 0 Å². The van der Waals surface area contributed by atoms with E-state index in [1.54, 1.807) is 12.1 Å². The Balaban J connectivity index is 1.38. The van der Waals surface area contributed by atoms with Gasteiger partial charge < -0.3 is 25.2 Å². The Morgan fingerprint density at radius 2 is 1.66 bits per heavy atom. The van der Waals surface area contributed by atoms with Crippen LogP contribution in [0, 0.1) is 6.92 Å². The van der Waals surface area contributed by atoms with Gasteiger partial charge in [-0.1, -0.05) is 25.1 Å². The van der Waals surface area contributed by atoms with Crippen molar-refractivity contribution in [3.8, 4) is 0 Å². The van der Waals surface area contributed by atoms with Gasteiger partial charge >= 0.3 is 5.97 Å². The van der Waals surface area contributed by atoms with E-state index >= 15 is 0 Å². The Labute approximate surface area is 188 Å². The summed E-state index contributed by atoms with van der Waals surface area (Å²) in [7, 11) is 0. The van der Waals surface area contributed by atoms with Crippen molar-refractivity contribution in [1.82, 2.24) is 10.2 Å². The first-order valence-corrected chi connectivity index (χ1v) is 10.8. The van der Waals surface area contributed by atoms with Crippen LogP contribution in [0.2, 0.25) is 0 Å². The number of esters is 1. The summed E-state index contributed by atoms with van der Waals surface area (Å²) in [5.41, 5.74) is 3.06. The predicted octanol–water partition coefficient (Wildman–Crippen LogP) is 2.05. The standard InChI is InChI=1S/C24H30N4O4/c1-3-27-12-14-28(15-13-27)20-10-8-19(9-11-20)26-22(29)17-32-23(30)16-25-24(31)21-7-5-4-6-18(21)2/h4-11H,3,12-17H2,1-2H3,(H,25,31)(H,26,29). The highest BCUT2D eigenvalue weighted by atomic mass is 16.5. The topological polar surface area (TPSA) is 91.0 Å². The van der Waals surface area contributed by atoms with E-state index < -0.39 is 18.5 Å². The van der Waals surface area contributed by atoms with E-state index in [0.29, 0.717) is 11.3 Å². The Morgan fingerprint density at radius 3 is 2.31 bits per heavy atom. The Morgan fingerprint density at radius 1 is 0.969 bits per heavy atom. The summed E-state index contributed by atoms with van der Waals surface area (Å²) in [4.78, 5) is 40.8. The van der Waals surface area contributed by atoms with Gasteiger partial charge in [0.1, 0.15) is 6.54 Å². The summed E-state index contributed by atoms with van der Waals surface area (Å²) >= 11 is 0. The first-order chi connectivity index (χ1) is 15.5. The third-order valence-electron chi connectivity index (χ3n) is 5.48. The van der Waals surface area contributed by atoms with Crippen LogP contribution in [-0.4, -0.2) is 68.6 Å². The van der Waals surface area contributed by atoms with Crippen molar-refractivity contribution in [1.29, 1.82) is 0 Å². The second-order valence-corrected chi connectivity index (χ2v) is 7.67. The molecule has 0 saturated carbocycles. The molecule has 0 aliphatic carbocycles. The number of amides is 2. The number of aryl methyl sites for hydroxylation is 1. The molecule has 2 amide bonds. The molecular weight excluding hydrogens is 408 g/mol. The molecule has 2 N–H and O–H groups in total. The minimum Gasteiger partial charge on any atom is -0.454 e. The van der Waals surface area contributed by atoms with E-state index in [9.17, 15) is 14.4 Å². The van der Waals surface area contributed by atoms with Crippen LogP contribution in [0.5, 0.6) is 0 Å². The molecule has 8 nitrogen and oxygen atoms in total. The molecule has 3 rings (SSSR count). The zero-order valence-electron chi connectivity index (χ0n) is 18.6. The highest BCUT2D eigenvalue weighted by Gasteiger charge is 2.16. The molecule has 1 fully saturated rings. The summed E-state index contributed by atoms with van der Waals surface area (Å²) in [6, 6.07) is 14.7. The third-order valence-corrected chi connectivity index (χ3v) is 5.48. The summed E-state index contributed by atoms with van der Waals surface area (Å²) in [5.74, 6) is -1.47.